The lowest BCUT2D eigenvalue weighted by atomic mass is 9.81. The first-order chi connectivity index (χ1) is 20.6. The lowest BCUT2D eigenvalue weighted by Gasteiger charge is -2.23. The molecular formula is C34H46N4O4. The van der Waals surface area contributed by atoms with E-state index in [0.29, 0.717) is 38.6 Å². The molecular weight excluding hydrogens is 528 g/mol. The molecule has 0 atom stereocenters. The second-order valence-electron chi connectivity index (χ2n) is 10.9. The highest BCUT2D eigenvalue weighted by molar-refractivity contribution is 5.91. The summed E-state index contributed by atoms with van der Waals surface area (Å²) in [5.74, 6) is 0.470. The van der Waals surface area contributed by atoms with E-state index in [1.165, 1.54) is 22.9 Å². The molecule has 0 aliphatic heterocycles. The van der Waals surface area contributed by atoms with Crippen LogP contribution in [0.5, 0.6) is 0 Å². The smallest absolute Gasteiger partial charge is 0.258 e. The molecule has 1 aliphatic rings. The summed E-state index contributed by atoms with van der Waals surface area (Å²) in [7, 11) is 0. The molecule has 8 nitrogen and oxygen atoms in total. The number of carbonyl (C=O) groups excluding carboxylic acids is 2. The van der Waals surface area contributed by atoms with Gasteiger partial charge in [0.15, 0.2) is 0 Å². The fraction of sp³-hybridized carbons (Fsp3) is 0.471. The van der Waals surface area contributed by atoms with Crippen molar-refractivity contribution in [3.8, 4) is 0 Å². The molecule has 0 saturated heterocycles. The summed E-state index contributed by atoms with van der Waals surface area (Å²) < 4.78 is 11.5. The van der Waals surface area contributed by atoms with Gasteiger partial charge in [-0.25, -0.2) is 5.43 Å². The maximum Gasteiger partial charge on any atom is 0.258 e. The van der Waals surface area contributed by atoms with Gasteiger partial charge in [0, 0.05) is 61.7 Å². The number of carbonyl (C=O) groups is 2. The van der Waals surface area contributed by atoms with E-state index in [0.717, 1.165) is 62.9 Å². The first-order valence-electron chi connectivity index (χ1n) is 15.4. The predicted octanol–water partition coefficient (Wildman–Crippen LogP) is 5.05. The SMILES string of the molecule is CCCNNC(=O)/C=C/c1ccc(CN(CCOCCOCCC(=O)C2CCC2)CCc2c[nH]c3ccccc23)cc1. The van der Waals surface area contributed by atoms with Crippen molar-refractivity contribution >= 4 is 28.7 Å². The topological polar surface area (TPSA) is 95.7 Å². The number of H-pyrrole nitrogens is 1. The van der Waals surface area contributed by atoms with Gasteiger partial charge < -0.3 is 14.5 Å². The molecule has 1 saturated carbocycles. The van der Waals surface area contributed by atoms with Crippen molar-refractivity contribution in [1.82, 2.24) is 20.7 Å². The van der Waals surface area contributed by atoms with Gasteiger partial charge in [-0.2, -0.15) is 0 Å². The molecule has 3 aromatic rings. The van der Waals surface area contributed by atoms with E-state index in [4.69, 9.17) is 9.47 Å². The zero-order valence-corrected chi connectivity index (χ0v) is 24.9. The maximum atomic E-state index is 12.0. The van der Waals surface area contributed by atoms with Gasteiger partial charge in [0.1, 0.15) is 5.78 Å². The molecule has 3 N–H and O–H groups in total. The highest BCUT2D eigenvalue weighted by Gasteiger charge is 2.24. The molecule has 0 radical (unpaired) electrons. The maximum absolute atomic E-state index is 12.0. The molecule has 1 aromatic heterocycles. The third-order valence-corrected chi connectivity index (χ3v) is 7.75. The minimum Gasteiger partial charge on any atom is -0.379 e. The van der Waals surface area contributed by atoms with E-state index >= 15 is 0 Å². The third-order valence-electron chi connectivity index (χ3n) is 7.75. The first kappa shape index (κ1) is 31.6. The Bertz CT molecular complexity index is 1270. The van der Waals surface area contributed by atoms with Gasteiger partial charge in [0.25, 0.3) is 5.91 Å². The van der Waals surface area contributed by atoms with Gasteiger partial charge in [-0.05, 0) is 54.5 Å². The second-order valence-corrected chi connectivity index (χ2v) is 10.9. The summed E-state index contributed by atoms with van der Waals surface area (Å²) >= 11 is 0. The fourth-order valence-corrected chi connectivity index (χ4v) is 4.99. The summed E-state index contributed by atoms with van der Waals surface area (Å²) in [6, 6.07) is 16.7. The van der Waals surface area contributed by atoms with Crippen LogP contribution < -0.4 is 10.9 Å². The zero-order valence-electron chi connectivity index (χ0n) is 24.9. The number of hydrogen-bond donors (Lipinski definition) is 3. The summed E-state index contributed by atoms with van der Waals surface area (Å²) in [6.07, 6.45) is 11.2. The van der Waals surface area contributed by atoms with Gasteiger partial charge in [-0.1, -0.05) is 55.8 Å². The van der Waals surface area contributed by atoms with E-state index in [9.17, 15) is 9.59 Å². The monoisotopic (exact) mass is 574 g/mol. The van der Waals surface area contributed by atoms with E-state index in [1.807, 2.05) is 25.1 Å². The molecule has 1 amide bonds. The standard InChI is InChI=1S/C34H46N4O4/c1-2-18-36-37-34(40)15-14-27-10-12-28(13-11-27)26-38(19-16-30-25-35-32-9-4-3-8-31(30)32)20-22-42-24-23-41-21-17-33(39)29-6-5-7-29/h3-4,8-15,25,29,35-36H,2,5-7,16-24,26H2,1H3,(H,37,40)/b15-14+. The highest BCUT2D eigenvalue weighted by Crippen LogP contribution is 2.28. The molecule has 42 heavy (non-hydrogen) atoms. The number of aromatic amines is 1. The van der Waals surface area contributed by atoms with E-state index in [2.05, 4.69) is 63.3 Å². The number of para-hydroxylation sites is 1. The van der Waals surface area contributed by atoms with Crippen LogP contribution in [0.3, 0.4) is 0 Å². The Balaban J connectivity index is 1.23. The van der Waals surface area contributed by atoms with E-state index < -0.39 is 0 Å². The van der Waals surface area contributed by atoms with Crippen molar-refractivity contribution in [2.45, 2.75) is 52.0 Å². The van der Waals surface area contributed by atoms with Gasteiger partial charge in [-0.15, -0.1) is 0 Å². The molecule has 4 rings (SSSR count). The molecule has 8 heteroatoms. The van der Waals surface area contributed by atoms with Crippen molar-refractivity contribution in [3.05, 3.63) is 77.5 Å². The molecule has 0 spiro atoms. The zero-order chi connectivity index (χ0) is 29.4. The predicted molar refractivity (Wildman–Crippen MR) is 168 cm³/mol. The Morgan fingerprint density at radius 2 is 1.79 bits per heavy atom. The lowest BCUT2D eigenvalue weighted by Crippen LogP contribution is -2.36. The van der Waals surface area contributed by atoms with Crippen molar-refractivity contribution < 1.29 is 19.1 Å². The lowest BCUT2D eigenvalue weighted by molar-refractivity contribution is -0.126. The number of ketones is 1. The number of nitrogens with one attached hydrogen (secondary N) is 3. The van der Waals surface area contributed by atoms with Gasteiger partial charge >= 0.3 is 0 Å². The Morgan fingerprint density at radius 1 is 1.00 bits per heavy atom. The number of fused-ring (bicyclic) bond motifs is 1. The number of aromatic nitrogens is 1. The average molecular weight is 575 g/mol. The molecule has 2 aromatic carbocycles. The number of hydrogen-bond acceptors (Lipinski definition) is 6. The number of benzene rings is 2. The number of Topliss-reactive ketones (excluding diaryl/α,β-unsaturated/α-hetero) is 1. The van der Waals surface area contributed by atoms with Crippen molar-refractivity contribution in [2.24, 2.45) is 5.92 Å². The van der Waals surface area contributed by atoms with Crippen LogP contribution in [0.2, 0.25) is 0 Å². The first-order valence-corrected chi connectivity index (χ1v) is 15.4. The van der Waals surface area contributed by atoms with Gasteiger partial charge in [-0.3, -0.25) is 19.9 Å². The van der Waals surface area contributed by atoms with Crippen LogP contribution in [0.25, 0.3) is 17.0 Å². The second kappa shape index (κ2) is 17.6. The van der Waals surface area contributed by atoms with Crippen molar-refractivity contribution in [2.75, 3.05) is 46.1 Å². The molecule has 1 fully saturated rings. The quantitative estimate of drug-likeness (QED) is 0.0993. The van der Waals surface area contributed by atoms with Crippen LogP contribution in [-0.2, 0) is 32.0 Å². The van der Waals surface area contributed by atoms with Crippen LogP contribution in [-0.4, -0.2) is 67.6 Å². The van der Waals surface area contributed by atoms with Crippen molar-refractivity contribution in [1.29, 1.82) is 0 Å². The van der Waals surface area contributed by atoms with Gasteiger partial charge in [0.05, 0.1) is 26.4 Å². The highest BCUT2D eigenvalue weighted by atomic mass is 16.5. The van der Waals surface area contributed by atoms with Crippen LogP contribution in [0.15, 0.2) is 60.8 Å². The number of amides is 1. The Morgan fingerprint density at radius 3 is 2.55 bits per heavy atom. The Kier molecular flexibility index (Phi) is 13.3. The molecule has 1 heterocycles. The largest absolute Gasteiger partial charge is 0.379 e. The van der Waals surface area contributed by atoms with Crippen LogP contribution in [0.4, 0.5) is 0 Å². The van der Waals surface area contributed by atoms with Crippen LogP contribution in [0.1, 0.15) is 55.7 Å². The number of hydrazine groups is 1. The minimum atomic E-state index is -0.163. The van der Waals surface area contributed by atoms with Crippen LogP contribution in [0, 0.1) is 5.92 Å². The Labute approximate surface area is 249 Å². The Hall–Kier alpha value is -3.30. The minimum absolute atomic E-state index is 0.163. The fourth-order valence-electron chi connectivity index (χ4n) is 4.99. The molecule has 0 unspecified atom stereocenters. The average Bonchev–Trinajstić information content (AvgIpc) is 3.39. The van der Waals surface area contributed by atoms with Crippen molar-refractivity contribution in [3.63, 3.8) is 0 Å². The normalized spacial score (nSPS) is 13.7. The molecule has 226 valence electrons. The summed E-state index contributed by atoms with van der Waals surface area (Å²) in [5, 5.41) is 1.27. The third kappa shape index (κ3) is 10.5. The number of rotatable bonds is 20. The van der Waals surface area contributed by atoms with Crippen LogP contribution >= 0.6 is 0 Å². The number of nitrogens with zero attached hydrogens (tertiary/aromatic N) is 1. The van der Waals surface area contributed by atoms with Gasteiger partial charge in [0.2, 0.25) is 0 Å². The summed E-state index contributed by atoms with van der Waals surface area (Å²) in [4.78, 5) is 29.7. The summed E-state index contributed by atoms with van der Waals surface area (Å²) in [6.45, 7) is 7.43. The molecule has 1 aliphatic carbocycles. The number of ether oxygens (including phenoxy) is 2. The summed E-state index contributed by atoms with van der Waals surface area (Å²) in [5.41, 5.74) is 10.2. The van der Waals surface area contributed by atoms with E-state index in [-0.39, 0.29) is 11.8 Å². The van der Waals surface area contributed by atoms with E-state index in [1.54, 1.807) is 6.08 Å². The molecule has 0 bridgehead atoms.